The first-order valence-corrected chi connectivity index (χ1v) is 10.6. The average Bonchev–Trinajstić information content (AvgIpc) is 2.71. The second-order valence-corrected chi connectivity index (χ2v) is 8.62. The fraction of sp³-hybridized carbons (Fsp3) is 0.591. The Morgan fingerprint density at radius 1 is 1.00 bits per heavy atom. The van der Waals surface area contributed by atoms with Gasteiger partial charge in [0.15, 0.2) is 5.43 Å². The minimum absolute atomic E-state index is 0.00403. The largest absolute Gasteiger partial charge is 0.364 e. The van der Waals surface area contributed by atoms with Crippen LogP contribution in [0.2, 0.25) is 0 Å². The summed E-state index contributed by atoms with van der Waals surface area (Å²) in [5.74, 6) is -4.98. The molecule has 0 saturated heterocycles. The number of primary amides is 1. The van der Waals surface area contributed by atoms with Crippen LogP contribution in [0.3, 0.4) is 0 Å². The maximum atomic E-state index is 13.0. The number of fused-ring (bicyclic) bond motifs is 1. The number of amides is 1. The monoisotopic (exact) mass is 441 g/mol. The van der Waals surface area contributed by atoms with Gasteiger partial charge in [0, 0.05) is 44.1 Å². The van der Waals surface area contributed by atoms with Crippen molar-refractivity contribution in [1.82, 2.24) is 9.97 Å². The lowest BCUT2D eigenvalue weighted by Crippen LogP contribution is -2.28. The molecule has 2 saturated carbocycles. The summed E-state index contributed by atoms with van der Waals surface area (Å²) >= 11 is 0. The van der Waals surface area contributed by atoms with Gasteiger partial charge < -0.3 is 10.7 Å². The Labute approximate surface area is 177 Å². The second kappa shape index (κ2) is 9.36. The van der Waals surface area contributed by atoms with E-state index >= 15 is 0 Å². The van der Waals surface area contributed by atoms with Gasteiger partial charge in [-0.05, 0) is 50.0 Å². The number of nitrogens with one attached hydrogen (secondary N) is 1. The van der Waals surface area contributed by atoms with Crippen molar-refractivity contribution in [2.24, 2.45) is 17.6 Å². The van der Waals surface area contributed by atoms with Crippen molar-refractivity contribution in [2.45, 2.75) is 69.6 Å². The zero-order chi connectivity index (χ0) is 22.6. The Morgan fingerprint density at radius 2 is 1.52 bits per heavy atom. The first-order chi connectivity index (χ1) is 14.6. The van der Waals surface area contributed by atoms with Crippen LogP contribution in [0, 0.1) is 11.8 Å². The van der Waals surface area contributed by atoms with Crippen LogP contribution >= 0.6 is 0 Å². The molecule has 4 rings (SSSR count). The number of nitrogens with zero attached hydrogens (tertiary/aromatic N) is 1. The summed E-state index contributed by atoms with van der Waals surface area (Å²) in [4.78, 5) is 29.0. The number of aromatic nitrogens is 2. The molecule has 2 heterocycles. The van der Waals surface area contributed by atoms with Crippen LogP contribution in [0.25, 0.3) is 10.9 Å². The molecular formula is C22H27F4N3O2. The van der Waals surface area contributed by atoms with E-state index in [1.807, 2.05) is 0 Å². The number of pyridine rings is 2. The number of alkyl halides is 4. The van der Waals surface area contributed by atoms with Crippen LogP contribution in [0.4, 0.5) is 17.6 Å². The molecule has 2 fully saturated rings. The number of hydrogen-bond donors (Lipinski definition) is 2. The molecular weight excluding hydrogens is 414 g/mol. The molecule has 0 atom stereocenters. The van der Waals surface area contributed by atoms with Crippen molar-refractivity contribution in [3.8, 4) is 0 Å². The SMILES string of the molecule is FC1(F)CCC(CC2CCC(F)(F)CC2)CC1.NC(=O)c1nccc2[nH]ccc(=O)c12. The summed E-state index contributed by atoms with van der Waals surface area (Å²) in [6, 6.07) is 2.94. The van der Waals surface area contributed by atoms with Gasteiger partial charge in [-0.25, -0.2) is 17.6 Å². The van der Waals surface area contributed by atoms with Crippen molar-refractivity contribution < 1.29 is 22.4 Å². The van der Waals surface area contributed by atoms with Gasteiger partial charge in [-0.15, -0.1) is 0 Å². The molecule has 2 aromatic rings. The third kappa shape index (κ3) is 6.27. The van der Waals surface area contributed by atoms with Crippen LogP contribution < -0.4 is 11.2 Å². The minimum Gasteiger partial charge on any atom is -0.364 e. The van der Waals surface area contributed by atoms with Crippen molar-refractivity contribution in [2.75, 3.05) is 0 Å². The smallest absolute Gasteiger partial charge is 0.268 e. The van der Waals surface area contributed by atoms with Gasteiger partial charge >= 0.3 is 0 Å². The molecule has 0 spiro atoms. The molecule has 3 N–H and O–H groups in total. The van der Waals surface area contributed by atoms with Gasteiger partial charge in [-0.3, -0.25) is 14.6 Å². The summed E-state index contributed by atoms with van der Waals surface area (Å²) in [7, 11) is 0. The van der Waals surface area contributed by atoms with Crippen molar-refractivity contribution in [3.05, 3.63) is 40.4 Å². The highest BCUT2D eigenvalue weighted by atomic mass is 19.3. The van der Waals surface area contributed by atoms with E-state index in [2.05, 4.69) is 9.97 Å². The van der Waals surface area contributed by atoms with Crippen molar-refractivity contribution in [1.29, 1.82) is 0 Å². The lowest BCUT2D eigenvalue weighted by Gasteiger charge is -2.33. The molecule has 5 nitrogen and oxygen atoms in total. The molecule has 2 aliphatic carbocycles. The maximum Gasteiger partial charge on any atom is 0.268 e. The third-order valence-corrected chi connectivity index (χ3v) is 6.24. The van der Waals surface area contributed by atoms with E-state index in [1.54, 1.807) is 6.07 Å². The number of halogens is 4. The number of nitrogens with two attached hydrogens (primary N) is 1. The van der Waals surface area contributed by atoms with E-state index in [4.69, 9.17) is 5.73 Å². The van der Waals surface area contributed by atoms with E-state index in [0.29, 0.717) is 43.0 Å². The molecule has 1 amide bonds. The van der Waals surface area contributed by atoms with E-state index < -0.39 is 17.8 Å². The topological polar surface area (TPSA) is 88.8 Å². The Hall–Kier alpha value is -2.45. The zero-order valence-corrected chi connectivity index (χ0v) is 17.2. The predicted molar refractivity (Wildman–Crippen MR) is 109 cm³/mol. The van der Waals surface area contributed by atoms with Gasteiger partial charge in [0.05, 0.1) is 10.9 Å². The Balaban J connectivity index is 0.000000179. The maximum absolute atomic E-state index is 13.0. The zero-order valence-electron chi connectivity index (χ0n) is 17.2. The lowest BCUT2D eigenvalue weighted by atomic mass is 9.76. The van der Waals surface area contributed by atoms with Crippen LogP contribution in [0.15, 0.2) is 29.3 Å². The summed E-state index contributed by atoms with van der Waals surface area (Å²) in [5, 5.41) is 0.238. The van der Waals surface area contributed by atoms with E-state index in [9.17, 15) is 27.2 Å². The summed E-state index contributed by atoms with van der Waals surface area (Å²) in [6.07, 6.45) is 6.04. The molecule has 0 aliphatic heterocycles. The van der Waals surface area contributed by atoms with Crippen LogP contribution in [-0.4, -0.2) is 27.7 Å². The molecule has 0 radical (unpaired) electrons. The highest BCUT2D eigenvalue weighted by Crippen LogP contribution is 2.43. The molecule has 0 bridgehead atoms. The molecule has 2 aliphatic rings. The lowest BCUT2D eigenvalue weighted by molar-refractivity contribution is -0.0593. The highest BCUT2D eigenvalue weighted by molar-refractivity contribution is 6.03. The highest BCUT2D eigenvalue weighted by Gasteiger charge is 2.38. The number of carbonyl (C=O) groups is 1. The third-order valence-electron chi connectivity index (χ3n) is 6.24. The van der Waals surface area contributed by atoms with Gasteiger partial charge in [0.1, 0.15) is 5.69 Å². The van der Waals surface area contributed by atoms with Gasteiger partial charge in [-0.1, -0.05) is 0 Å². The van der Waals surface area contributed by atoms with E-state index in [0.717, 1.165) is 6.42 Å². The number of H-pyrrole nitrogens is 1. The van der Waals surface area contributed by atoms with Crippen LogP contribution in [0.5, 0.6) is 0 Å². The normalized spacial score (nSPS) is 21.3. The van der Waals surface area contributed by atoms with Gasteiger partial charge in [0.25, 0.3) is 5.91 Å². The summed E-state index contributed by atoms with van der Waals surface area (Å²) in [5.41, 5.74) is 5.39. The predicted octanol–water partition coefficient (Wildman–Crippen LogP) is 5.05. The fourth-order valence-corrected chi connectivity index (χ4v) is 4.45. The molecule has 2 aromatic heterocycles. The fourth-order valence-electron chi connectivity index (χ4n) is 4.45. The Bertz CT molecular complexity index is 925. The number of carbonyl (C=O) groups excluding carboxylic acids is 1. The molecule has 9 heteroatoms. The summed E-state index contributed by atoms with van der Waals surface area (Å²) in [6.45, 7) is 0. The molecule has 31 heavy (non-hydrogen) atoms. The number of aromatic amines is 1. The molecule has 0 aromatic carbocycles. The Kier molecular flexibility index (Phi) is 7.01. The average molecular weight is 441 g/mol. The first-order valence-electron chi connectivity index (χ1n) is 10.6. The van der Waals surface area contributed by atoms with E-state index in [1.165, 1.54) is 18.5 Å². The van der Waals surface area contributed by atoms with Crippen LogP contribution in [0.1, 0.15) is 68.3 Å². The van der Waals surface area contributed by atoms with Gasteiger partial charge in [0.2, 0.25) is 11.8 Å². The van der Waals surface area contributed by atoms with E-state index in [-0.39, 0.29) is 42.2 Å². The van der Waals surface area contributed by atoms with Gasteiger partial charge in [-0.2, -0.15) is 0 Å². The Morgan fingerprint density at radius 3 is 2.00 bits per heavy atom. The summed E-state index contributed by atoms with van der Waals surface area (Å²) < 4.78 is 51.8. The first kappa shape index (κ1) is 23.2. The minimum atomic E-state index is -2.48. The molecule has 170 valence electrons. The standard InChI is InChI=1S/C13H20F4.C9H7N3O2/c14-12(15)5-1-10(2-6-12)9-11-3-7-13(16,17)8-4-11;10-9(14)8-7-5(1-3-12-8)11-4-2-6(7)13/h10-11H,1-9H2;1-4H,(H2,10,14)(H,11,13). The number of rotatable bonds is 3. The van der Waals surface area contributed by atoms with Crippen LogP contribution in [-0.2, 0) is 0 Å². The number of hydrogen-bond acceptors (Lipinski definition) is 3. The quantitative estimate of drug-likeness (QED) is 0.654. The van der Waals surface area contributed by atoms with Crippen molar-refractivity contribution >= 4 is 16.8 Å². The van der Waals surface area contributed by atoms with Crippen molar-refractivity contribution in [3.63, 3.8) is 0 Å². The molecule has 0 unspecified atom stereocenters. The second-order valence-electron chi connectivity index (χ2n) is 8.62.